The van der Waals surface area contributed by atoms with Gasteiger partial charge in [-0.25, -0.2) is 0 Å². The van der Waals surface area contributed by atoms with Crippen molar-refractivity contribution in [3.63, 3.8) is 0 Å². The molecule has 1 aliphatic rings. The van der Waals surface area contributed by atoms with Crippen LogP contribution in [0.25, 0.3) is 0 Å². The summed E-state index contributed by atoms with van der Waals surface area (Å²) < 4.78 is 0. The molecule has 110 valence electrons. The fourth-order valence-corrected chi connectivity index (χ4v) is 3.38. The van der Waals surface area contributed by atoms with Crippen molar-refractivity contribution in [1.29, 1.82) is 0 Å². The molecule has 2 aromatic rings. The number of fused-ring (bicyclic) bond motifs is 1. The molecule has 0 aliphatic heterocycles. The number of rotatable bonds is 3. The Hall–Kier alpha value is -1.02. The van der Waals surface area contributed by atoms with Crippen molar-refractivity contribution in [2.45, 2.75) is 38.3 Å². The standard InChI is InChI=1S/C18H19Cl2N/c1-12(14-7-9-17(19)18(20)11-14)21-16-8-6-13-4-2-3-5-15(13)10-16/h2-5,7,9,11-12,16,21H,6,8,10H2,1H3. The Morgan fingerprint density at radius 3 is 2.57 bits per heavy atom. The Balaban J connectivity index is 1.68. The maximum atomic E-state index is 6.11. The highest BCUT2D eigenvalue weighted by Gasteiger charge is 2.20. The summed E-state index contributed by atoms with van der Waals surface area (Å²) in [5.74, 6) is 0. The monoisotopic (exact) mass is 319 g/mol. The molecule has 3 heteroatoms. The lowest BCUT2D eigenvalue weighted by Crippen LogP contribution is -2.36. The Kier molecular flexibility index (Phi) is 4.54. The average Bonchev–Trinajstić information content (AvgIpc) is 2.50. The third-order valence-electron chi connectivity index (χ3n) is 4.28. The minimum absolute atomic E-state index is 0.273. The summed E-state index contributed by atoms with van der Waals surface area (Å²) in [7, 11) is 0. The fourth-order valence-electron chi connectivity index (χ4n) is 3.07. The van der Waals surface area contributed by atoms with E-state index in [2.05, 4.69) is 36.5 Å². The van der Waals surface area contributed by atoms with Crippen LogP contribution < -0.4 is 5.32 Å². The van der Waals surface area contributed by atoms with E-state index in [0.29, 0.717) is 16.1 Å². The summed E-state index contributed by atoms with van der Waals surface area (Å²) in [5, 5.41) is 4.95. The number of nitrogens with one attached hydrogen (secondary N) is 1. The van der Waals surface area contributed by atoms with Crippen LogP contribution in [-0.2, 0) is 12.8 Å². The summed E-state index contributed by atoms with van der Waals surface area (Å²) >= 11 is 12.1. The van der Waals surface area contributed by atoms with Crippen molar-refractivity contribution in [1.82, 2.24) is 5.32 Å². The van der Waals surface area contributed by atoms with Crippen LogP contribution in [-0.4, -0.2) is 6.04 Å². The van der Waals surface area contributed by atoms with E-state index in [1.807, 2.05) is 18.2 Å². The van der Waals surface area contributed by atoms with Crippen LogP contribution in [0.3, 0.4) is 0 Å². The summed E-state index contributed by atoms with van der Waals surface area (Å²) in [6, 6.07) is 15.4. The van der Waals surface area contributed by atoms with Gasteiger partial charge >= 0.3 is 0 Å². The molecular weight excluding hydrogens is 301 g/mol. The van der Waals surface area contributed by atoms with Gasteiger partial charge < -0.3 is 5.32 Å². The molecule has 0 bridgehead atoms. The van der Waals surface area contributed by atoms with E-state index >= 15 is 0 Å². The normalized spacial score (nSPS) is 19.1. The lowest BCUT2D eigenvalue weighted by Gasteiger charge is -2.28. The molecule has 0 heterocycles. The summed E-state index contributed by atoms with van der Waals surface area (Å²) in [6.45, 7) is 2.18. The van der Waals surface area contributed by atoms with E-state index in [1.54, 1.807) is 0 Å². The first-order valence-corrected chi connectivity index (χ1v) is 8.17. The van der Waals surface area contributed by atoms with E-state index in [-0.39, 0.29) is 6.04 Å². The molecule has 0 radical (unpaired) electrons. The van der Waals surface area contributed by atoms with Crippen molar-refractivity contribution >= 4 is 23.2 Å². The number of hydrogen-bond acceptors (Lipinski definition) is 1. The highest BCUT2D eigenvalue weighted by atomic mass is 35.5. The predicted molar refractivity (Wildman–Crippen MR) is 90.3 cm³/mol. The lowest BCUT2D eigenvalue weighted by molar-refractivity contribution is 0.414. The Labute approximate surface area is 136 Å². The number of halogens is 2. The van der Waals surface area contributed by atoms with Gasteiger partial charge in [0.05, 0.1) is 10.0 Å². The van der Waals surface area contributed by atoms with E-state index in [0.717, 1.165) is 12.8 Å². The van der Waals surface area contributed by atoms with Gasteiger partial charge in [0.25, 0.3) is 0 Å². The molecule has 2 unspecified atom stereocenters. The fraction of sp³-hybridized carbons (Fsp3) is 0.333. The number of hydrogen-bond donors (Lipinski definition) is 1. The second-order valence-electron chi connectivity index (χ2n) is 5.77. The average molecular weight is 320 g/mol. The van der Waals surface area contributed by atoms with E-state index in [4.69, 9.17) is 23.2 Å². The molecule has 0 amide bonds. The second kappa shape index (κ2) is 6.39. The molecule has 21 heavy (non-hydrogen) atoms. The van der Waals surface area contributed by atoms with Gasteiger partial charge in [-0.15, -0.1) is 0 Å². The smallest absolute Gasteiger partial charge is 0.0595 e. The SMILES string of the molecule is CC(NC1CCc2ccccc2C1)c1ccc(Cl)c(Cl)c1. The zero-order chi connectivity index (χ0) is 14.8. The summed E-state index contributed by atoms with van der Waals surface area (Å²) in [6.07, 6.45) is 3.44. The maximum Gasteiger partial charge on any atom is 0.0595 e. The third kappa shape index (κ3) is 3.42. The first-order valence-electron chi connectivity index (χ1n) is 7.41. The molecule has 0 fully saturated rings. The van der Waals surface area contributed by atoms with Crippen LogP contribution in [0.15, 0.2) is 42.5 Å². The van der Waals surface area contributed by atoms with Crippen LogP contribution >= 0.6 is 23.2 Å². The highest BCUT2D eigenvalue weighted by molar-refractivity contribution is 6.42. The molecule has 1 N–H and O–H groups in total. The number of benzene rings is 2. The third-order valence-corrected chi connectivity index (χ3v) is 5.02. The molecule has 1 aliphatic carbocycles. The topological polar surface area (TPSA) is 12.0 Å². The summed E-state index contributed by atoms with van der Waals surface area (Å²) in [5.41, 5.74) is 4.16. The van der Waals surface area contributed by atoms with Gasteiger partial charge in [-0.2, -0.15) is 0 Å². The predicted octanol–water partition coefficient (Wildman–Crippen LogP) is 5.20. The second-order valence-corrected chi connectivity index (χ2v) is 6.58. The quantitative estimate of drug-likeness (QED) is 0.819. The summed E-state index contributed by atoms with van der Waals surface area (Å²) in [4.78, 5) is 0. The van der Waals surface area contributed by atoms with Crippen LogP contribution in [0.1, 0.15) is 36.1 Å². The van der Waals surface area contributed by atoms with E-state index in [1.165, 1.54) is 23.1 Å². The van der Waals surface area contributed by atoms with Gasteiger partial charge in [-0.3, -0.25) is 0 Å². The molecular formula is C18H19Cl2N. The molecule has 3 rings (SSSR count). The Morgan fingerprint density at radius 1 is 1.05 bits per heavy atom. The zero-order valence-electron chi connectivity index (χ0n) is 12.1. The van der Waals surface area contributed by atoms with Crippen molar-refractivity contribution < 1.29 is 0 Å². The minimum Gasteiger partial charge on any atom is -0.307 e. The van der Waals surface area contributed by atoms with Crippen molar-refractivity contribution in [2.75, 3.05) is 0 Å². The van der Waals surface area contributed by atoms with Crippen LogP contribution in [0.4, 0.5) is 0 Å². The minimum atomic E-state index is 0.273. The van der Waals surface area contributed by atoms with Gasteiger partial charge in [0, 0.05) is 12.1 Å². The molecule has 0 saturated carbocycles. The van der Waals surface area contributed by atoms with Gasteiger partial charge in [0.15, 0.2) is 0 Å². The van der Waals surface area contributed by atoms with Crippen LogP contribution in [0, 0.1) is 0 Å². The highest BCUT2D eigenvalue weighted by Crippen LogP contribution is 2.27. The Morgan fingerprint density at radius 2 is 1.81 bits per heavy atom. The molecule has 0 saturated heterocycles. The van der Waals surface area contributed by atoms with Gasteiger partial charge in [-0.05, 0) is 55.0 Å². The maximum absolute atomic E-state index is 6.11. The van der Waals surface area contributed by atoms with Crippen LogP contribution in [0.2, 0.25) is 10.0 Å². The van der Waals surface area contributed by atoms with Crippen LogP contribution in [0.5, 0.6) is 0 Å². The van der Waals surface area contributed by atoms with Crippen molar-refractivity contribution in [3.8, 4) is 0 Å². The van der Waals surface area contributed by atoms with E-state index in [9.17, 15) is 0 Å². The largest absolute Gasteiger partial charge is 0.307 e. The molecule has 1 nitrogen and oxygen atoms in total. The molecule has 0 spiro atoms. The van der Waals surface area contributed by atoms with Gasteiger partial charge in [0.1, 0.15) is 0 Å². The first kappa shape index (κ1) is 14.9. The van der Waals surface area contributed by atoms with E-state index < -0.39 is 0 Å². The molecule has 0 aromatic heterocycles. The van der Waals surface area contributed by atoms with Crippen molar-refractivity contribution in [2.24, 2.45) is 0 Å². The first-order chi connectivity index (χ1) is 10.1. The lowest BCUT2D eigenvalue weighted by atomic mass is 9.88. The molecule has 2 atom stereocenters. The van der Waals surface area contributed by atoms with Gasteiger partial charge in [-0.1, -0.05) is 53.5 Å². The zero-order valence-corrected chi connectivity index (χ0v) is 13.6. The number of aryl methyl sites for hydroxylation is 1. The Bertz CT molecular complexity index is 639. The van der Waals surface area contributed by atoms with Crippen molar-refractivity contribution in [3.05, 3.63) is 69.2 Å². The van der Waals surface area contributed by atoms with Gasteiger partial charge in [0.2, 0.25) is 0 Å². The molecule has 2 aromatic carbocycles.